The van der Waals surface area contributed by atoms with Gasteiger partial charge in [0.05, 0.1) is 0 Å². The van der Waals surface area contributed by atoms with E-state index < -0.39 is 5.67 Å². The molecule has 0 heterocycles. The van der Waals surface area contributed by atoms with Crippen molar-refractivity contribution in [2.75, 3.05) is 0 Å². The maximum Gasteiger partial charge on any atom is 0.218 e. The van der Waals surface area contributed by atoms with Gasteiger partial charge in [0.1, 0.15) is 6.07 Å². The number of allylic oxidation sites excluding steroid dienone is 4. The Morgan fingerprint density at radius 1 is 1.56 bits per heavy atom. The minimum atomic E-state index is -1.74. The third-order valence-corrected chi connectivity index (χ3v) is 1.21. The van der Waals surface area contributed by atoms with Crippen LogP contribution in [-0.2, 0) is 0 Å². The molecule has 1 atom stereocenters. The summed E-state index contributed by atoms with van der Waals surface area (Å²) < 4.78 is 12.8. The van der Waals surface area contributed by atoms with Gasteiger partial charge in [-0.2, -0.15) is 5.26 Å². The lowest BCUT2D eigenvalue weighted by Gasteiger charge is -2.10. The molecule has 0 amide bonds. The summed E-state index contributed by atoms with van der Waals surface area (Å²) >= 11 is 0. The summed E-state index contributed by atoms with van der Waals surface area (Å²) in [7, 11) is 0. The Bertz CT molecular complexity index is 199. The summed E-state index contributed by atoms with van der Waals surface area (Å²) in [5.74, 6) is 0. The highest BCUT2D eigenvalue weighted by Crippen LogP contribution is 2.20. The molecule has 0 aliphatic heterocycles. The van der Waals surface area contributed by atoms with Gasteiger partial charge in [-0.1, -0.05) is 18.2 Å². The molecule has 0 N–H and O–H groups in total. The van der Waals surface area contributed by atoms with Crippen LogP contribution in [0.3, 0.4) is 0 Å². The fourth-order valence-corrected chi connectivity index (χ4v) is 0.677. The standard InChI is InChI=1S/C7H6FN/c8-7(6-9)4-2-1-3-5-7/h1-4H,5H2. The van der Waals surface area contributed by atoms with Crippen LogP contribution >= 0.6 is 0 Å². The zero-order chi connectivity index (χ0) is 6.74. The first-order chi connectivity index (χ1) is 4.27. The Hall–Kier alpha value is -1.10. The molecule has 9 heavy (non-hydrogen) atoms. The largest absolute Gasteiger partial charge is 0.222 e. The summed E-state index contributed by atoms with van der Waals surface area (Å²) in [6.45, 7) is 0. The highest BCUT2D eigenvalue weighted by atomic mass is 19.1. The van der Waals surface area contributed by atoms with Crippen molar-refractivity contribution in [2.45, 2.75) is 12.1 Å². The Morgan fingerprint density at radius 3 is 2.67 bits per heavy atom. The van der Waals surface area contributed by atoms with Crippen LogP contribution in [0.2, 0.25) is 0 Å². The number of nitriles is 1. The number of rotatable bonds is 0. The van der Waals surface area contributed by atoms with E-state index in [0.717, 1.165) is 0 Å². The Labute approximate surface area is 53.1 Å². The van der Waals surface area contributed by atoms with E-state index in [0.29, 0.717) is 0 Å². The van der Waals surface area contributed by atoms with Crippen molar-refractivity contribution in [3.63, 3.8) is 0 Å². The monoisotopic (exact) mass is 123 g/mol. The number of alkyl halides is 1. The molecule has 1 unspecified atom stereocenters. The predicted octanol–water partition coefficient (Wildman–Crippen LogP) is 1.73. The van der Waals surface area contributed by atoms with Gasteiger partial charge in [0.15, 0.2) is 0 Å². The molecule has 0 radical (unpaired) electrons. The minimum absolute atomic E-state index is 0.181. The minimum Gasteiger partial charge on any atom is -0.222 e. The molecule has 1 nitrogen and oxygen atoms in total. The normalized spacial score (nSPS) is 32.0. The molecule has 0 saturated heterocycles. The molecular weight excluding hydrogens is 117 g/mol. The smallest absolute Gasteiger partial charge is 0.218 e. The van der Waals surface area contributed by atoms with Gasteiger partial charge < -0.3 is 0 Å². The fraction of sp³-hybridized carbons (Fsp3) is 0.286. The van der Waals surface area contributed by atoms with E-state index in [1.165, 1.54) is 6.08 Å². The van der Waals surface area contributed by atoms with Crippen LogP contribution < -0.4 is 0 Å². The van der Waals surface area contributed by atoms with Gasteiger partial charge in [0.25, 0.3) is 0 Å². The molecular formula is C7H6FN. The van der Waals surface area contributed by atoms with Gasteiger partial charge >= 0.3 is 0 Å². The van der Waals surface area contributed by atoms with E-state index in [1.807, 2.05) is 0 Å². The maximum atomic E-state index is 12.8. The topological polar surface area (TPSA) is 23.8 Å². The fourth-order valence-electron chi connectivity index (χ4n) is 0.677. The van der Waals surface area contributed by atoms with Crippen molar-refractivity contribution in [3.05, 3.63) is 24.3 Å². The summed E-state index contributed by atoms with van der Waals surface area (Å²) in [6, 6.07) is 1.58. The highest BCUT2D eigenvalue weighted by Gasteiger charge is 2.24. The van der Waals surface area contributed by atoms with Crippen LogP contribution in [0.25, 0.3) is 0 Å². The predicted molar refractivity (Wildman–Crippen MR) is 32.3 cm³/mol. The van der Waals surface area contributed by atoms with Gasteiger partial charge in [-0.3, -0.25) is 0 Å². The van der Waals surface area contributed by atoms with Crippen molar-refractivity contribution in [1.82, 2.24) is 0 Å². The molecule has 2 heteroatoms. The first-order valence-corrected chi connectivity index (χ1v) is 2.71. The van der Waals surface area contributed by atoms with Crippen LogP contribution in [0.4, 0.5) is 4.39 Å². The van der Waals surface area contributed by atoms with Gasteiger partial charge in [0, 0.05) is 6.42 Å². The molecule has 0 aromatic rings. The van der Waals surface area contributed by atoms with Crippen molar-refractivity contribution < 1.29 is 4.39 Å². The van der Waals surface area contributed by atoms with Crippen LogP contribution in [0.15, 0.2) is 24.3 Å². The molecule has 0 fully saturated rings. The first kappa shape index (κ1) is 6.03. The van der Waals surface area contributed by atoms with E-state index in [2.05, 4.69) is 0 Å². The van der Waals surface area contributed by atoms with Crippen molar-refractivity contribution in [2.24, 2.45) is 0 Å². The molecule has 0 aromatic heterocycles. The van der Waals surface area contributed by atoms with Crippen molar-refractivity contribution >= 4 is 0 Å². The zero-order valence-electron chi connectivity index (χ0n) is 4.84. The van der Waals surface area contributed by atoms with Gasteiger partial charge in [-0.25, -0.2) is 4.39 Å². The summed E-state index contributed by atoms with van der Waals surface area (Å²) in [6.07, 6.45) is 6.37. The molecule has 0 aromatic carbocycles. The lowest BCUT2D eigenvalue weighted by Crippen LogP contribution is -2.16. The lowest BCUT2D eigenvalue weighted by molar-refractivity contribution is 0.310. The Balaban J connectivity index is 2.77. The van der Waals surface area contributed by atoms with Crippen molar-refractivity contribution in [3.8, 4) is 6.07 Å². The Kier molecular flexibility index (Phi) is 1.35. The maximum absolute atomic E-state index is 12.8. The molecule has 1 rings (SSSR count). The summed E-state index contributed by atoms with van der Waals surface area (Å²) in [5.41, 5.74) is -1.74. The van der Waals surface area contributed by atoms with Crippen molar-refractivity contribution in [1.29, 1.82) is 5.26 Å². The van der Waals surface area contributed by atoms with E-state index in [4.69, 9.17) is 5.26 Å². The van der Waals surface area contributed by atoms with E-state index in [9.17, 15) is 4.39 Å². The number of hydrogen-bond acceptors (Lipinski definition) is 1. The average Bonchev–Trinajstić information content (AvgIpc) is 1.90. The molecule has 1 aliphatic rings. The second-order valence-electron chi connectivity index (χ2n) is 1.97. The average molecular weight is 123 g/mol. The van der Waals surface area contributed by atoms with Crippen LogP contribution in [0.1, 0.15) is 6.42 Å². The zero-order valence-corrected chi connectivity index (χ0v) is 4.84. The third-order valence-electron chi connectivity index (χ3n) is 1.21. The molecule has 0 spiro atoms. The number of hydrogen-bond donors (Lipinski definition) is 0. The van der Waals surface area contributed by atoms with Gasteiger partial charge in [0.2, 0.25) is 5.67 Å². The van der Waals surface area contributed by atoms with Crippen LogP contribution in [0, 0.1) is 11.3 Å². The quantitative estimate of drug-likeness (QED) is 0.481. The summed E-state index contributed by atoms with van der Waals surface area (Å²) in [5, 5.41) is 8.24. The van der Waals surface area contributed by atoms with E-state index in [1.54, 1.807) is 24.3 Å². The lowest BCUT2D eigenvalue weighted by atomic mass is 10.00. The second-order valence-corrected chi connectivity index (χ2v) is 1.97. The van der Waals surface area contributed by atoms with E-state index in [-0.39, 0.29) is 6.42 Å². The molecule has 1 aliphatic carbocycles. The first-order valence-electron chi connectivity index (χ1n) is 2.71. The highest BCUT2D eigenvalue weighted by molar-refractivity contribution is 5.25. The van der Waals surface area contributed by atoms with E-state index >= 15 is 0 Å². The van der Waals surface area contributed by atoms with Gasteiger partial charge in [-0.15, -0.1) is 0 Å². The second kappa shape index (κ2) is 2.02. The van der Waals surface area contributed by atoms with Gasteiger partial charge in [-0.05, 0) is 6.08 Å². The molecule has 0 saturated carbocycles. The van der Waals surface area contributed by atoms with Crippen LogP contribution in [0.5, 0.6) is 0 Å². The molecule has 46 valence electrons. The summed E-state index contributed by atoms with van der Waals surface area (Å²) in [4.78, 5) is 0. The Morgan fingerprint density at radius 2 is 2.33 bits per heavy atom. The molecule has 0 bridgehead atoms. The third kappa shape index (κ3) is 1.17. The van der Waals surface area contributed by atoms with Crippen LogP contribution in [-0.4, -0.2) is 5.67 Å². The number of halogens is 1. The number of nitrogens with zero attached hydrogens (tertiary/aromatic N) is 1. The SMILES string of the molecule is N#CC1(F)C=CC=CC1.